The summed E-state index contributed by atoms with van der Waals surface area (Å²) >= 11 is 1.50. The van der Waals surface area contributed by atoms with Gasteiger partial charge < -0.3 is 19.5 Å². The van der Waals surface area contributed by atoms with Crippen molar-refractivity contribution in [2.45, 2.75) is 6.42 Å². The summed E-state index contributed by atoms with van der Waals surface area (Å²) in [4.78, 5) is 9.82. The molecule has 1 aromatic carbocycles. The highest BCUT2D eigenvalue weighted by molar-refractivity contribution is 7.20. The van der Waals surface area contributed by atoms with Gasteiger partial charge in [-0.25, -0.2) is 9.50 Å². The zero-order valence-electron chi connectivity index (χ0n) is 16.4. The number of imidazole rings is 1. The lowest BCUT2D eigenvalue weighted by molar-refractivity contribution is 0.324. The van der Waals surface area contributed by atoms with E-state index < -0.39 is 0 Å². The Kier molecular flexibility index (Phi) is 5.48. The van der Waals surface area contributed by atoms with Crippen LogP contribution in [0.5, 0.6) is 17.2 Å². The molecule has 1 N–H and O–H groups in total. The fourth-order valence-corrected chi connectivity index (χ4v) is 3.79. The summed E-state index contributed by atoms with van der Waals surface area (Å²) in [7, 11) is 4.77. The molecule has 0 aliphatic heterocycles. The van der Waals surface area contributed by atoms with Gasteiger partial charge >= 0.3 is 0 Å². The monoisotopic (exact) mass is 411 g/mol. The largest absolute Gasteiger partial charge is 0.493 e. The number of fused-ring (bicyclic) bond motifs is 1. The molecule has 150 valence electrons. The van der Waals surface area contributed by atoms with Crippen LogP contribution in [0.1, 0.15) is 5.69 Å². The number of nitrogens with zero attached hydrogens (tertiary/aromatic N) is 4. The first-order chi connectivity index (χ1) is 14.2. The van der Waals surface area contributed by atoms with E-state index in [1.165, 1.54) is 11.3 Å². The molecule has 0 amide bonds. The van der Waals surface area contributed by atoms with Crippen LogP contribution in [0, 0.1) is 0 Å². The van der Waals surface area contributed by atoms with Gasteiger partial charge in [-0.2, -0.15) is 0 Å². The molecule has 0 saturated carbocycles. The van der Waals surface area contributed by atoms with E-state index in [1.807, 2.05) is 36.5 Å². The maximum Gasteiger partial charge on any atom is 0.214 e. The van der Waals surface area contributed by atoms with E-state index in [0.29, 0.717) is 17.2 Å². The summed E-state index contributed by atoms with van der Waals surface area (Å²) in [5.41, 5.74) is 2.69. The zero-order valence-corrected chi connectivity index (χ0v) is 17.2. The van der Waals surface area contributed by atoms with Gasteiger partial charge in [0.1, 0.15) is 0 Å². The van der Waals surface area contributed by atoms with Crippen molar-refractivity contribution in [1.82, 2.24) is 19.6 Å². The first-order valence-electron chi connectivity index (χ1n) is 9.02. The van der Waals surface area contributed by atoms with Crippen LogP contribution in [0.2, 0.25) is 0 Å². The first kappa shape index (κ1) is 19.0. The summed E-state index contributed by atoms with van der Waals surface area (Å²) in [6.07, 6.45) is 4.52. The number of hydrogen-bond donors (Lipinski definition) is 1. The van der Waals surface area contributed by atoms with Crippen molar-refractivity contribution >= 4 is 21.4 Å². The molecule has 0 spiro atoms. The molecule has 8 nitrogen and oxygen atoms in total. The second-order valence-corrected chi connectivity index (χ2v) is 7.13. The first-order valence-corrected chi connectivity index (χ1v) is 9.84. The maximum atomic E-state index is 5.43. The van der Waals surface area contributed by atoms with E-state index >= 15 is 0 Å². The van der Waals surface area contributed by atoms with Crippen molar-refractivity contribution in [3.63, 3.8) is 0 Å². The fraction of sp³-hybridized carbons (Fsp3) is 0.250. The third-order valence-corrected chi connectivity index (χ3v) is 5.27. The Balaban J connectivity index is 1.52. The Morgan fingerprint density at radius 3 is 2.48 bits per heavy atom. The molecule has 4 aromatic rings. The summed E-state index contributed by atoms with van der Waals surface area (Å²) in [5.74, 6) is 1.73. The normalized spacial score (nSPS) is 10.9. The SMILES string of the molecule is COc1cc(-c2cn3nc(NCCc4ccccn4)sc3n2)cc(OC)c1OC. The lowest BCUT2D eigenvalue weighted by atomic mass is 10.1. The third kappa shape index (κ3) is 3.95. The van der Waals surface area contributed by atoms with Crippen molar-refractivity contribution in [2.24, 2.45) is 0 Å². The average molecular weight is 411 g/mol. The highest BCUT2D eigenvalue weighted by atomic mass is 32.1. The van der Waals surface area contributed by atoms with Crippen LogP contribution in [0.15, 0.2) is 42.7 Å². The Bertz CT molecular complexity index is 1050. The molecule has 0 aliphatic rings. The van der Waals surface area contributed by atoms with Crippen LogP contribution in [0.25, 0.3) is 16.2 Å². The number of nitrogens with one attached hydrogen (secondary N) is 1. The minimum Gasteiger partial charge on any atom is -0.493 e. The molecule has 0 saturated heterocycles. The van der Waals surface area contributed by atoms with E-state index in [2.05, 4.69) is 15.4 Å². The van der Waals surface area contributed by atoms with E-state index in [1.54, 1.807) is 32.0 Å². The lowest BCUT2D eigenvalue weighted by Crippen LogP contribution is -2.05. The van der Waals surface area contributed by atoms with Gasteiger partial charge in [-0.05, 0) is 24.3 Å². The molecule has 0 unspecified atom stereocenters. The smallest absolute Gasteiger partial charge is 0.214 e. The number of anilines is 1. The summed E-state index contributed by atoms with van der Waals surface area (Å²) in [5, 5.41) is 8.71. The van der Waals surface area contributed by atoms with Gasteiger partial charge in [0.25, 0.3) is 0 Å². The summed E-state index contributed by atoms with van der Waals surface area (Å²) in [6.45, 7) is 0.757. The molecule has 0 aliphatic carbocycles. The number of aromatic nitrogens is 4. The predicted octanol–water partition coefficient (Wildman–Crippen LogP) is 3.53. The van der Waals surface area contributed by atoms with Crippen LogP contribution in [0.3, 0.4) is 0 Å². The minimum absolute atomic E-state index is 0.553. The van der Waals surface area contributed by atoms with Gasteiger partial charge in [0, 0.05) is 30.4 Å². The number of hydrogen-bond acceptors (Lipinski definition) is 8. The Hall–Kier alpha value is -3.33. The van der Waals surface area contributed by atoms with E-state index in [0.717, 1.165) is 40.0 Å². The molecular formula is C20H21N5O3S. The van der Waals surface area contributed by atoms with Gasteiger partial charge in [-0.15, -0.1) is 5.10 Å². The van der Waals surface area contributed by atoms with Crippen molar-refractivity contribution in [1.29, 1.82) is 0 Å². The number of benzene rings is 1. The van der Waals surface area contributed by atoms with Gasteiger partial charge in [-0.1, -0.05) is 17.4 Å². The van der Waals surface area contributed by atoms with Gasteiger partial charge in [0.05, 0.1) is 33.2 Å². The zero-order chi connectivity index (χ0) is 20.2. The molecule has 3 heterocycles. The Labute approximate surface area is 172 Å². The maximum absolute atomic E-state index is 5.43. The lowest BCUT2D eigenvalue weighted by Gasteiger charge is -2.13. The molecule has 0 fully saturated rings. The van der Waals surface area contributed by atoms with E-state index in [9.17, 15) is 0 Å². The fourth-order valence-electron chi connectivity index (χ4n) is 2.98. The second kappa shape index (κ2) is 8.36. The van der Waals surface area contributed by atoms with Gasteiger partial charge in [0.15, 0.2) is 11.5 Å². The second-order valence-electron chi connectivity index (χ2n) is 6.17. The number of pyridine rings is 1. The number of ether oxygens (including phenoxy) is 3. The van der Waals surface area contributed by atoms with E-state index in [-0.39, 0.29) is 0 Å². The van der Waals surface area contributed by atoms with Crippen molar-refractivity contribution < 1.29 is 14.2 Å². The summed E-state index contributed by atoms with van der Waals surface area (Å²) < 4.78 is 18.0. The molecule has 4 rings (SSSR count). The predicted molar refractivity (Wildman–Crippen MR) is 112 cm³/mol. The highest BCUT2D eigenvalue weighted by Gasteiger charge is 2.17. The van der Waals surface area contributed by atoms with Crippen LogP contribution < -0.4 is 19.5 Å². The van der Waals surface area contributed by atoms with Crippen LogP contribution in [-0.2, 0) is 6.42 Å². The summed E-state index contributed by atoms with van der Waals surface area (Å²) in [6, 6.07) is 9.67. The quantitative estimate of drug-likeness (QED) is 0.475. The minimum atomic E-state index is 0.553. The standard InChI is InChI=1S/C20H21N5O3S/c1-26-16-10-13(11-17(27-2)18(16)28-3)15-12-25-20(23-15)29-19(24-25)22-9-7-14-6-4-5-8-21-14/h4-6,8,10-12H,7,9H2,1-3H3,(H,22,24). The van der Waals surface area contributed by atoms with E-state index in [4.69, 9.17) is 19.2 Å². The number of methoxy groups -OCH3 is 3. The topological polar surface area (TPSA) is 82.8 Å². The van der Waals surface area contributed by atoms with Crippen molar-refractivity contribution in [3.05, 3.63) is 48.4 Å². The number of rotatable bonds is 8. The molecule has 0 atom stereocenters. The van der Waals surface area contributed by atoms with Crippen molar-refractivity contribution in [2.75, 3.05) is 33.2 Å². The van der Waals surface area contributed by atoms with Crippen LogP contribution in [-0.4, -0.2) is 47.5 Å². The molecule has 0 bridgehead atoms. The third-order valence-electron chi connectivity index (χ3n) is 4.39. The van der Waals surface area contributed by atoms with Gasteiger partial charge in [-0.3, -0.25) is 4.98 Å². The Morgan fingerprint density at radius 1 is 1.07 bits per heavy atom. The molecule has 9 heteroatoms. The van der Waals surface area contributed by atoms with Gasteiger partial charge in [0.2, 0.25) is 15.8 Å². The molecular weight excluding hydrogens is 390 g/mol. The van der Waals surface area contributed by atoms with Crippen LogP contribution >= 0.6 is 11.3 Å². The Morgan fingerprint density at radius 2 is 1.86 bits per heavy atom. The average Bonchev–Trinajstić information content (AvgIpc) is 3.32. The van der Waals surface area contributed by atoms with Crippen LogP contribution in [0.4, 0.5) is 5.13 Å². The van der Waals surface area contributed by atoms with Crippen molar-refractivity contribution in [3.8, 4) is 28.5 Å². The molecule has 29 heavy (non-hydrogen) atoms. The molecule has 0 radical (unpaired) electrons. The molecule has 3 aromatic heterocycles. The highest BCUT2D eigenvalue weighted by Crippen LogP contribution is 2.41.